The van der Waals surface area contributed by atoms with Gasteiger partial charge in [-0.3, -0.25) is 4.68 Å². The molecular weight excluding hydrogens is 272 g/mol. The van der Waals surface area contributed by atoms with Crippen molar-refractivity contribution in [3.63, 3.8) is 0 Å². The maximum absolute atomic E-state index is 6.16. The van der Waals surface area contributed by atoms with E-state index in [1.807, 2.05) is 18.7 Å². The van der Waals surface area contributed by atoms with Crippen molar-refractivity contribution in [2.45, 2.75) is 57.9 Å². The Morgan fingerprint density at radius 2 is 2.05 bits per heavy atom. The molecule has 3 rings (SSSR count). The molecular formula is C15H23ClN4. The van der Waals surface area contributed by atoms with Crippen LogP contribution in [0.5, 0.6) is 0 Å². The molecule has 2 aromatic heterocycles. The molecule has 0 bridgehead atoms. The number of aryl methyl sites for hydroxylation is 2. The Labute approximate surface area is 125 Å². The number of rotatable bonds is 3. The molecule has 0 aromatic carbocycles. The summed E-state index contributed by atoms with van der Waals surface area (Å²) in [6, 6.07) is 0.530. The molecule has 0 aliphatic heterocycles. The van der Waals surface area contributed by atoms with Gasteiger partial charge in [0.15, 0.2) is 5.65 Å². The Kier molecular flexibility index (Phi) is 3.76. The quantitative estimate of drug-likeness (QED) is 0.803. The largest absolute Gasteiger partial charge is 0.308 e. The lowest BCUT2D eigenvalue weighted by Gasteiger charge is -2.33. The highest BCUT2D eigenvalue weighted by Gasteiger charge is 2.30. The molecule has 4 nitrogen and oxygen atoms in total. The molecule has 5 heteroatoms. The number of aromatic nitrogens is 4. The van der Waals surface area contributed by atoms with Gasteiger partial charge in [-0.15, -0.1) is 11.6 Å². The Morgan fingerprint density at radius 3 is 2.75 bits per heavy atom. The van der Waals surface area contributed by atoms with Crippen molar-refractivity contribution in [3.8, 4) is 0 Å². The van der Waals surface area contributed by atoms with Gasteiger partial charge >= 0.3 is 0 Å². The standard InChI is InChI=1S/C15H23ClN4/c1-4-11-7-5-6-8-12(11)20-13(9-16)17-14-10(2)18-19(3)15(14)20/h11-12H,4-9H2,1-3H3. The first-order valence-electron chi connectivity index (χ1n) is 7.63. The molecule has 0 N–H and O–H groups in total. The molecule has 2 aromatic rings. The number of hydrogen-bond donors (Lipinski definition) is 0. The predicted molar refractivity (Wildman–Crippen MR) is 82.1 cm³/mol. The number of hydrogen-bond acceptors (Lipinski definition) is 2. The van der Waals surface area contributed by atoms with Crippen LogP contribution in [-0.4, -0.2) is 19.3 Å². The maximum Gasteiger partial charge on any atom is 0.158 e. The zero-order valence-corrected chi connectivity index (χ0v) is 13.3. The van der Waals surface area contributed by atoms with Crippen molar-refractivity contribution in [1.82, 2.24) is 19.3 Å². The van der Waals surface area contributed by atoms with Gasteiger partial charge in [0.25, 0.3) is 0 Å². The second-order valence-corrected chi connectivity index (χ2v) is 6.20. The summed E-state index contributed by atoms with van der Waals surface area (Å²) in [5.41, 5.74) is 3.16. The fraction of sp³-hybridized carbons (Fsp3) is 0.733. The molecule has 0 amide bonds. The van der Waals surface area contributed by atoms with Crippen molar-refractivity contribution >= 4 is 22.8 Å². The van der Waals surface area contributed by atoms with Gasteiger partial charge < -0.3 is 4.57 Å². The summed E-state index contributed by atoms with van der Waals surface area (Å²) in [6.45, 7) is 4.32. The molecule has 2 unspecified atom stereocenters. The summed E-state index contributed by atoms with van der Waals surface area (Å²) in [7, 11) is 2.01. The van der Waals surface area contributed by atoms with E-state index in [0.29, 0.717) is 11.9 Å². The van der Waals surface area contributed by atoms with E-state index in [4.69, 9.17) is 16.6 Å². The van der Waals surface area contributed by atoms with E-state index in [9.17, 15) is 0 Å². The van der Waals surface area contributed by atoms with Crippen LogP contribution in [0, 0.1) is 12.8 Å². The van der Waals surface area contributed by atoms with Crippen LogP contribution in [0.3, 0.4) is 0 Å². The molecule has 1 aliphatic rings. The SMILES string of the molecule is CCC1CCCCC1n1c(CCl)nc2c(C)nn(C)c21. The molecule has 0 saturated heterocycles. The predicted octanol–water partition coefficient (Wildman–Crippen LogP) is 3.96. The number of alkyl halides is 1. The lowest BCUT2D eigenvalue weighted by atomic mass is 9.82. The van der Waals surface area contributed by atoms with Crippen LogP contribution in [0.4, 0.5) is 0 Å². The van der Waals surface area contributed by atoms with E-state index in [2.05, 4.69) is 16.6 Å². The van der Waals surface area contributed by atoms with Gasteiger partial charge in [0.2, 0.25) is 0 Å². The minimum Gasteiger partial charge on any atom is -0.308 e. The minimum atomic E-state index is 0.473. The normalized spacial score (nSPS) is 23.6. The molecule has 1 aliphatic carbocycles. The fourth-order valence-corrected chi connectivity index (χ4v) is 3.98. The van der Waals surface area contributed by atoms with Crippen LogP contribution < -0.4 is 0 Å². The topological polar surface area (TPSA) is 35.6 Å². The Balaban J connectivity index is 2.17. The van der Waals surface area contributed by atoms with Gasteiger partial charge in [-0.05, 0) is 25.7 Å². The van der Waals surface area contributed by atoms with Gasteiger partial charge in [0.05, 0.1) is 11.6 Å². The first kappa shape index (κ1) is 13.9. The smallest absolute Gasteiger partial charge is 0.158 e. The Morgan fingerprint density at radius 1 is 1.30 bits per heavy atom. The monoisotopic (exact) mass is 294 g/mol. The van der Waals surface area contributed by atoms with E-state index < -0.39 is 0 Å². The van der Waals surface area contributed by atoms with Gasteiger partial charge in [0, 0.05) is 13.1 Å². The van der Waals surface area contributed by atoms with Crippen LogP contribution >= 0.6 is 11.6 Å². The average Bonchev–Trinajstić information content (AvgIpc) is 2.97. The second-order valence-electron chi connectivity index (χ2n) is 5.93. The van der Waals surface area contributed by atoms with Crippen molar-refractivity contribution in [2.24, 2.45) is 13.0 Å². The number of nitrogens with zero attached hydrogens (tertiary/aromatic N) is 4. The van der Waals surface area contributed by atoms with Crippen LogP contribution in [0.15, 0.2) is 0 Å². The van der Waals surface area contributed by atoms with Gasteiger partial charge in [-0.2, -0.15) is 5.10 Å². The Bertz CT molecular complexity index is 613. The third kappa shape index (κ3) is 2.05. The third-order valence-electron chi connectivity index (χ3n) is 4.75. The van der Waals surface area contributed by atoms with E-state index in [1.165, 1.54) is 32.1 Å². The highest BCUT2D eigenvalue weighted by Crippen LogP contribution is 2.39. The summed E-state index contributed by atoms with van der Waals surface area (Å²) in [4.78, 5) is 4.74. The third-order valence-corrected chi connectivity index (χ3v) is 4.99. The zero-order valence-electron chi connectivity index (χ0n) is 12.6. The zero-order chi connectivity index (χ0) is 14.3. The number of imidazole rings is 1. The fourth-order valence-electron chi connectivity index (χ4n) is 3.79. The van der Waals surface area contributed by atoms with E-state index in [1.54, 1.807) is 0 Å². The Hall–Kier alpha value is -1.03. The molecule has 20 heavy (non-hydrogen) atoms. The summed E-state index contributed by atoms with van der Waals surface area (Å²) in [5.74, 6) is 2.21. The molecule has 110 valence electrons. The van der Waals surface area contributed by atoms with Crippen LogP contribution in [0.25, 0.3) is 11.2 Å². The van der Waals surface area contributed by atoms with E-state index >= 15 is 0 Å². The number of fused-ring (bicyclic) bond motifs is 1. The summed E-state index contributed by atoms with van der Waals surface area (Å²) < 4.78 is 4.35. The molecule has 2 heterocycles. The van der Waals surface area contributed by atoms with Crippen molar-refractivity contribution in [3.05, 3.63) is 11.5 Å². The maximum atomic E-state index is 6.16. The average molecular weight is 295 g/mol. The summed E-state index contributed by atoms with van der Waals surface area (Å²) in [6.07, 6.45) is 6.44. The summed E-state index contributed by atoms with van der Waals surface area (Å²) >= 11 is 6.16. The highest BCUT2D eigenvalue weighted by molar-refractivity contribution is 6.16. The minimum absolute atomic E-state index is 0.473. The van der Waals surface area contributed by atoms with Crippen LogP contribution in [-0.2, 0) is 12.9 Å². The van der Waals surface area contributed by atoms with Crippen molar-refractivity contribution in [1.29, 1.82) is 0 Å². The lowest BCUT2D eigenvalue weighted by molar-refractivity contribution is 0.232. The van der Waals surface area contributed by atoms with Crippen LogP contribution in [0.1, 0.15) is 56.6 Å². The van der Waals surface area contributed by atoms with Gasteiger partial charge in [0.1, 0.15) is 11.3 Å². The first-order chi connectivity index (χ1) is 9.67. The number of halogens is 1. The summed E-state index contributed by atoms with van der Waals surface area (Å²) in [5, 5.41) is 4.52. The van der Waals surface area contributed by atoms with E-state index in [0.717, 1.165) is 28.6 Å². The molecule has 1 fully saturated rings. The van der Waals surface area contributed by atoms with Crippen molar-refractivity contribution < 1.29 is 0 Å². The molecule has 0 radical (unpaired) electrons. The van der Waals surface area contributed by atoms with E-state index in [-0.39, 0.29) is 0 Å². The van der Waals surface area contributed by atoms with Gasteiger partial charge in [-0.1, -0.05) is 26.2 Å². The lowest BCUT2D eigenvalue weighted by Crippen LogP contribution is -2.25. The van der Waals surface area contributed by atoms with Crippen LogP contribution in [0.2, 0.25) is 0 Å². The van der Waals surface area contributed by atoms with Crippen molar-refractivity contribution in [2.75, 3.05) is 0 Å². The van der Waals surface area contributed by atoms with Gasteiger partial charge in [-0.25, -0.2) is 4.98 Å². The molecule has 2 atom stereocenters. The second kappa shape index (κ2) is 5.40. The molecule has 0 spiro atoms. The highest BCUT2D eigenvalue weighted by atomic mass is 35.5. The molecule has 1 saturated carbocycles. The first-order valence-corrected chi connectivity index (χ1v) is 8.17.